The van der Waals surface area contributed by atoms with Crippen LogP contribution in [0.15, 0.2) is 0 Å². The fraction of sp³-hybridized carbons (Fsp3) is 0.938. The van der Waals surface area contributed by atoms with E-state index in [4.69, 9.17) is 5.73 Å². The van der Waals surface area contributed by atoms with E-state index in [2.05, 4.69) is 4.90 Å². The molecule has 1 saturated carbocycles. The van der Waals surface area contributed by atoms with Gasteiger partial charge in [-0.2, -0.15) is 0 Å². The van der Waals surface area contributed by atoms with Crippen LogP contribution in [-0.4, -0.2) is 66.7 Å². The number of β-amino-alcohol motifs (C(OH)–C–C–N with tert-alkyl or cyclic N) is 1. The Morgan fingerprint density at radius 2 is 1.86 bits per heavy atom. The number of rotatable bonds is 5. The average Bonchev–Trinajstić information content (AvgIpc) is 2.79. The van der Waals surface area contributed by atoms with Crippen LogP contribution in [0.1, 0.15) is 38.5 Å². The zero-order valence-corrected chi connectivity index (χ0v) is 13.5. The molecule has 0 radical (unpaired) electrons. The van der Waals surface area contributed by atoms with Gasteiger partial charge in [-0.1, -0.05) is 0 Å². The summed E-state index contributed by atoms with van der Waals surface area (Å²) in [6, 6.07) is 0.169. The highest BCUT2D eigenvalue weighted by molar-refractivity contribution is 5.77. The maximum Gasteiger partial charge on any atom is 0.223 e. The Bertz CT molecular complexity index is 340. The first kappa shape index (κ1) is 16.7. The van der Waals surface area contributed by atoms with Crippen LogP contribution in [0, 0.1) is 11.8 Å². The second-order valence-electron chi connectivity index (χ2n) is 7.18. The molecule has 2 rings (SSSR count). The second-order valence-corrected chi connectivity index (χ2v) is 7.18. The van der Waals surface area contributed by atoms with Crippen molar-refractivity contribution in [1.29, 1.82) is 0 Å². The Balaban J connectivity index is 1.84. The molecule has 1 aliphatic heterocycles. The van der Waals surface area contributed by atoms with Gasteiger partial charge in [0, 0.05) is 25.6 Å². The molecule has 0 aromatic rings. The number of aliphatic hydroxyl groups excluding tert-OH is 1. The maximum atomic E-state index is 12.6. The zero-order valence-electron chi connectivity index (χ0n) is 13.5. The molecule has 5 nitrogen and oxygen atoms in total. The lowest BCUT2D eigenvalue weighted by molar-refractivity contribution is -0.133. The quantitative estimate of drug-likeness (QED) is 0.782. The molecule has 0 spiro atoms. The zero-order chi connectivity index (χ0) is 15.4. The molecular weight excluding hydrogens is 266 g/mol. The van der Waals surface area contributed by atoms with E-state index in [1.807, 2.05) is 19.0 Å². The third-order valence-electron chi connectivity index (χ3n) is 5.05. The number of aliphatic hydroxyl groups is 1. The van der Waals surface area contributed by atoms with E-state index < -0.39 is 0 Å². The standard InChI is InChI=1S/C16H31N3O2/c1-18(2)10-14-8-15(20)11-19(14)16(21)7-12-3-5-13(9-17)6-4-12/h12-15,20H,3-11,17H2,1-2H3. The average molecular weight is 297 g/mol. The second kappa shape index (κ2) is 7.56. The molecule has 3 N–H and O–H groups in total. The van der Waals surface area contributed by atoms with Crippen molar-refractivity contribution in [2.75, 3.05) is 33.7 Å². The van der Waals surface area contributed by atoms with Gasteiger partial charge >= 0.3 is 0 Å². The number of carbonyl (C=O) groups excluding carboxylic acids is 1. The molecule has 2 unspecified atom stereocenters. The molecule has 1 saturated heterocycles. The van der Waals surface area contributed by atoms with Gasteiger partial charge in [0.25, 0.3) is 0 Å². The Labute approximate surface area is 128 Å². The van der Waals surface area contributed by atoms with Crippen molar-refractivity contribution in [2.45, 2.75) is 50.7 Å². The van der Waals surface area contributed by atoms with E-state index in [9.17, 15) is 9.90 Å². The van der Waals surface area contributed by atoms with Crippen molar-refractivity contribution in [3.05, 3.63) is 0 Å². The van der Waals surface area contributed by atoms with Crippen molar-refractivity contribution in [1.82, 2.24) is 9.80 Å². The van der Waals surface area contributed by atoms with Crippen LogP contribution in [0.3, 0.4) is 0 Å². The first-order valence-corrected chi connectivity index (χ1v) is 8.32. The molecule has 1 amide bonds. The number of amides is 1. The topological polar surface area (TPSA) is 69.8 Å². The largest absolute Gasteiger partial charge is 0.391 e. The van der Waals surface area contributed by atoms with Gasteiger partial charge in [0.05, 0.1) is 6.10 Å². The molecule has 2 fully saturated rings. The lowest BCUT2D eigenvalue weighted by Gasteiger charge is -2.31. The molecule has 0 aromatic heterocycles. The normalized spacial score (nSPS) is 33.7. The van der Waals surface area contributed by atoms with Crippen LogP contribution in [0.25, 0.3) is 0 Å². The summed E-state index contributed by atoms with van der Waals surface area (Å²) in [5, 5.41) is 9.88. The number of hydrogen-bond acceptors (Lipinski definition) is 4. The Morgan fingerprint density at radius 1 is 1.24 bits per heavy atom. The molecule has 0 bridgehead atoms. The SMILES string of the molecule is CN(C)CC1CC(O)CN1C(=O)CC1CCC(CN)CC1. The van der Waals surface area contributed by atoms with Crippen molar-refractivity contribution < 1.29 is 9.90 Å². The fourth-order valence-corrected chi connectivity index (χ4v) is 3.83. The summed E-state index contributed by atoms with van der Waals surface area (Å²) in [5.74, 6) is 1.40. The summed E-state index contributed by atoms with van der Waals surface area (Å²) >= 11 is 0. The van der Waals surface area contributed by atoms with Crippen LogP contribution in [0.2, 0.25) is 0 Å². The summed E-state index contributed by atoms with van der Waals surface area (Å²) < 4.78 is 0. The Hall–Kier alpha value is -0.650. The Kier molecular flexibility index (Phi) is 6.02. The minimum Gasteiger partial charge on any atom is -0.391 e. The van der Waals surface area contributed by atoms with Crippen molar-refractivity contribution in [3.63, 3.8) is 0 Å². The van der Waals surface area contributed by atoms with Crippen molar-refractivity contribution >= 4 is 5.91 Å². The van der Waals surface area contributed by atoms with Gasteiger partial charge in [-0.3, -0.25) is 4.79 Å². The summed E-state index contributed by atoms with van der Waals surface area (Å²) in [5.41, 5.74) is 5.72. The molecule has 1 heterocycles. The number of likely N-dealkylation sites (tertiary alicyclic amines) is 1. The first-order valence-electron chi connectivity index (χ1n) is 8.32. The van der Waals surface area contributed by atoms with Gasteiger partial charge in [-0.25, -0.2) is 0 Å². The van der Waals surface area contributed by atoms with E-state index >= 15 is 0 Å². The predicted octanol–water partition coefficient (Wildman–Crippen LogP) is 0.665. The molecule has 2 aliphatic rings. The maximum absolute atomic E-state index is 12.6. The molecule has 21 heavy (non-hydrogen) atoms. The summed E-state index contributed by atoms with van der Waals surface area (Å²) in [4.78, 5) is 16.6. The van der Waals surface area contributed by atoms with Crippen LogP contribution in [-0.2, 0) is 4.79 Å². The highest BCUT2D eigenvalue weighted by atomic mass is 16.3. The molecule has 122 valence electrons. The predicted molar refractivity (Wildman–Crippen MR) is 83.8 cm³/mol. The third kappa shape index (κ3) is 4.66. The number of likely N-dealkylation sites (N-methyl/N-ethyl adjacent to an activating group) is 1. The minimum absolute atomic E-state index is 0.169. The summed E-state index contributed by atoms with van der Waals surface area (Å²) in [7, 11) is 4.03. The lowest BCUT2D eigenvalue weighted by atomic mass is 9.80. The highest BCUT2D eigenvalue weighted by Gasteiger charge is 2.35. The van der Waals surface area contributed by atoms with Gasteiger partial charge in [0.15, 0.2) is 0 Å². The first-order chi connectivity index (χ1) is 9.99. The van der Waals surface area contributed by atoms with Gasteiger partial charge in [0.2, 0.25) is 5.91 Å². The Morgan fingerprint density at radius 3 is 2.43 bits per heavy atom. The van der Waals surface area contributed by atoms with Crippen LogP contribution in [0.4, 0.5) is 0 Å². The van der Waals surface area contributed by atoms with Crippen molar-refractivity contribution in [3.8, 4) is 0 Å². The van der Waals surface area contributed by atoms with Gasteiger partial charge < -0.3 is 20.6 Å². The van der Waals surface area contributed by atoms with Gasteiger partial charge in [0.1, 0.15) is 0 Å². The molecule has 0 aromatic carbocycles. The summed E-state index contributed by atoms with van der Waals surface area (Å²) in [6.07, 6.45) is 5.59. The van der Waals surface area contributed by atoms with Crippen LogP contribution >= 0.6 is 0 Å². The minimum atomic E-state index is -0.355. The summed E-state index contributed by atoms with van der Waals surface area (Å²) in [6.45, 7) is 2.13. The number of nitrogens with two attached hydrogens (primary N) is 1. The lowest BCUT2D eigenvalue weighted by Crippen LogP contribution is -2.42. The van der Waals surface area contributed by atoms with E-state index in [0.29, 0.717) is 31.2 Å². The van der Waals surface area contributed by atoms with Crippen molar-refractivity contribution in [2.24, 2.45) is 17.6 Å². The van der Waals surface area contributed by atoms with E-state index in [-0.39, 0.29) is 18.1 Å². The highest BCUT2D eigenvalue weighted by Crippen LogP contribution is 2.31. The van der Waals surface area contributed by atoms with Crippen LogP contribution < -0.4 is 5.73 Å². The van der Waals surface area contributed by atoms with E-state index in [1.54, 1.807) is 0 Å². The van der Waals surface area contributed by atoms with Gasteiger partial charge in [-0.05, 0) is 64.6 Å². The fourth-order valence-electron chi connectivity index (χ4n) is 3.83. The van der Waals surface area contributed by atoms with E-state index in [1.165, 1.54) is 0 Å². The van der Waals surface area contributed by atoms with E-state index in [0.717, 1.165) is 38.8 Å². The molecular formula is C16H31N3O2. The van der Waals surface area contributed by atoms with Crippen LogP contribution in [0.5, 0.6) is 0 Å². The number of carbonyl (C=O) groups is 1. The molecule has 2 atom stereocenters. The molecule has 5 heteroatoms. The molecule has 1 aliphatic carbocycles. The van der Waals surface area contributed by atoms with Gasteiger partial charge in [-0.15, -0.1) is 0 Å². The number of hydrogen-bond donors (Lipinski definition) is 2. The smallest absolute Gasteiger partial charge is 0.223 e. The monoisotopic (exact) mass is 297 g/mol. The number of nitrogens with zero attached hydrogens (tertiary/aromatic N) is 2. The third-order valence-corrected chi connectivity index (χ3v) is 5.05.